The first kappa shape index (κ1) is 11.9. The van der Waals surface area contributed by atoms with Crippen LogP contribution in [0.5, 0.6) is 0 Å². The van der Waals surface area contributed by atoms with Crippen LogP contribution in [0, 0.1) is 16.5 Å². The molecule has 1 aliphatic rings. The van der Waals surface area contributed by atoms with Gasteiger partial charge in [-0.2, -0.15) is 0 Å². The summed E-state index contributed by atoms with van der Waals surface area (Å²) in [6.07, 6.45) is 4.83. The second-order valence-electron chi connectivity index (χ2n) is 5.38. The summed E-state index contributed by atoms with van der Waals surface area (Å²) in [5.74, 6) is 0.598. The van der Waals surface area contributed by atoms with Crippen molar-refractivity contribution in [3.8, 4) is 0 Å². The quantitative estimate of drug-likeness (QED) is 0.747. The Labute approximate surface area is 111 Å². The van der Waals surface area contributed by atoms with E-state index >= 15 is 0 Å². The van der Waals surface area contributed by atoms with Gasteiger partial charge in [0.2, 0.25) is 0 Å². The molecule has 0 atom stereocenters. The third kappa shape index (κ3) is 1.99. The molecule has 1 saturated carbocycles. The van der Waals surface area contributed by atoms with Crippen LogP contribution in [0.1, 0.15) is 38.6 Å². The normalized spacial score (nSPS) is 24.6. The molecule has 18 heavy (non-hydrogen) atoms. The highest BCUT2D eigenvalue weighted by molar-refractivity contribution is 7.71. The molecule has 1 fully saturated rings. The van der Waals surface area contributed by atoms with E-state index in [0.717, 1.165) is 21.7 Å². The lowest BCUT2D eigenvalue weighted by Gasteiger charge is -2.27. The van der Waals surface area contributed by atoms with Crippen molar-refractivity contribution in [1.82, 2.24) is 9.55 Å². The van der Waals surface area contributed by atoms with Crippen LogP contribution in [0.25, 0.3) is 11.0 Å². The van der Waals surface area contributed by atoms with Gasteiger partial charge in [-0.05, 0) is 62.0 Å². The van der Waals surface area contributed by atoms with Crippen LogP contribution < -0.4 is 0 Å². The van der Waals surface area contributed by atoms with Gasteiger partial charge in [0, 0.05) is 6.04 Å². The number of halogens is 1. The first-order valence-electron chi connectivity index (χ1n) is 6.55. The number of hydrogen-bond acceptors (Lipinski definition) is 1. The predicted molar refractivity (Wildman–Crippen MR) is 73.7 cm³/mol. The molecule has 96 valence electrons. The minimum Gasteiger partial charge on any atom is -0.330 e. The molecule has 0 amide bonds. The average Bonchev–Trinajstić information content (AvgIpc) is 2.65. The topological polar surface area (TPSA) is 20.7 Å². The molecule has 2 nitrogen and oxygen atoms in total. The molecular weight excluding hydrogens is 247 g/mol. The van der Waals surface area contributed by atoms with E-state index in [9.17, 15) is 4.39 Å². The van der Waals surface area contributed by atoms with Gasteiger partial charge in [-0.1, -0.05) is 6.92 Å². The smallest absolute Gasteiger partial charge is 0.178 e. The molecule has 1 heterocycles. The SMILES string of the molecule is CC1CCC(n2c(=S)[nH]c3cc(F)ccc32)CC1. The molecule has 1 aliphatic carbocycles. The zero-order valence-electron chi connectivity index (χ0n) is 10.4. The van der Waals surface area contributed by atoms with E-state index in [0.29, 0.717) is 6.04 Å². The van der Waals surface area contributed by atoms with Crippen molar-refractivity contribution in [3.63, 3.8) is 0 Å². The molecule has 0 spiro atoms. The van der Waals surface area contributed by atoms with E-state index in [-0.39, 0.29) is 5.82 Å². The number of H-pyrrole nitrogens is 1. The maximum absolute atomic E-state index is 13.2. The van der Waals surface area contributed by atoms with Crippen LogP contribution in [0.4, 0.5) is 4.39 Å². The zero-order valence-corrected chi connectivity index (χ0v) is 11.3. The second-order valence-corrected chi connectivity index (χ2v) is 5.76. The number of fused-ring (bicyclic) bond motifs is 1. The lowest BCUT2D eigenvalue weighted by atomic mass is 9.87. The summed E-state index contributed by atoms with van der Waals surface area (Å²) in [6.45, 7) is 2.31. The van der Waals surface area contributed by atoms with Gasteiger partial charge in [0.15, 0.2) is 4.77 Å². The largest absolute Gasteiger partial charge is 0.330 e. The van der Waals surface area contributed by atoms with Crippen molar-refractivity contribution in [2.75, 3.05) is 0 Å². The molecule has 1 aromatic carbocycles. The fraction of sp³-hybridized carbons (Fsp3) is 0.500. The van der Waals surface area contributed by atoms with Gasteiger partial charge in [-0.3, -0.25) is 0 Å². The monoisotopic (exact) mass is 264 g/mol. The fourth-order valence-electron chi connectivity index (χ4n) is 2.97. The van der Waals surface area contributed by atoms with Gasteiger partial charge < -0.3 is 9.55 Å². The summed E-state index contributed by atoms with van der Waals surface area (Å²) < 4.78 is 16.1. The Balaban J connectivity index is 2.06. The number of benzene rings is 1. The summed E-state index contributed by atoms with van der Waals surface area (Å²) in [7, 11) is 0. The van der Waals surface area contributed by atoms with Gasteiger partial charge in [-0.15, -0.1) is 0 Å². The number of aromatic amines is 1. The first-order valence-corrected chi connectivity index (χ1v) is 6.96. The van der Waals surface area contributed by atoms with Crippen LogP contribution in [0.2, 0.25) is 0 Å². The van der Waals surface area contributed by atoms with Crippen molar-refractivity contribution in [3.05, 3.63) is 28.8 Å². The van der Waals surface area contributed by atoms with E-state index in [1.54, 1.807) is 0 Å². The highest BCUT2D eigenvalue weighted by atomic mass is 32.1. The Hall–Kier alpha value is -1.16. The van der Waals surface area contributed by atoms with E-state index in [1.807, 2.05) is 6.07 Å². The number of rotatable bonds is 1. The minimum absolute atomic E-state index is 0.219. The summed E-state index contributed by atoms with van der Waals surface area (Å²) in [5.41, 5.74) is 1.83. The number of imidazole rings is 1. The van der Waals surface area contributed by atoms with Gasteiger partial charge in [0.05, 0.1) is 11.0 Å². The summed E-state index contributed by atoms with van der Waals surface area (Å²) >= 11 is 5.39. The molecule has 1 N–H and O–H groups in total. The molecule has 0 unspecified atom stereocenters. The van der Waals surface area contributed by atoms with Crippen molar-refractivity contribution in [1.29, 1.82) is 0 Å². The van der Waals surface area contributed by atoms with Crippen LogP contribution in [0.3, 0.4) is 0 Å². The molecule has 3 rings (SSSR count). The van der Waals surface area contributed by atoms with Gasteiger partial charge >= 0.3 is 0 Å². The highest BCUT2D eigenvalue weighted by Gasteiger charge is 2.21. The molecular formula is C14H17FN2S. The van der Waals surface area contributed by atoms with E-state index in [2.05, 4.69) is 16.5 Å². The zero-order chi connectivity index (χ0) is 12.7. The minimum atomic E-state index is -0.219. The molecule has 4 heteroatoms. The van der Waals surface area contributed by atoms with E-state index in [4.69, 9.17) is 12.2 Å². The van der Waals surface area contributed by atoms with Crippen LogP contribution in [0.15, 0.2) is 18.2 Å². The van der Waals surface area contributed by atoms with Crippen LogP contribution in [-0.2, 0) is 0 Å². The Kier molecular flexibility index (Phi) is 2.98. The number of nitrogens with zero attached hydrogens (tertiary/aromatic N) is 1. The van der Waals surface area contributed by atoms with Gasteiger partial charge in [-0.25, -0.2) is 4.39 Å². The number of hydrogen-bond donors (Lipinski definition) is 1. The lowest BCUT2D eigenvalue weighted by Crippen LogP contribution is -2.16. The van der Waals surface area contributed by atoms with E-state index in [1.165, 1.54) is 37.8 Å². The third-order valence-electron chi connectivity index (χ3n) is 4.03. The van der Waals surface area contributed by atoms with Crippen molar-refractivity contribution in [2.45, 2.75) is 38.6 Å². The molecule has 0 aliphatic heterocycles. The Morgan fingerprint density at radius 3 is 2.72 bits per heavy atom. The summed E-state index contributed by atoms with van der Waals surface area (Å²) in [5, 5.41) is 0. The number of aromatic nitrogens is 2. The molecule has 0 saturated heterocycles. The van der Waals surface area contributed by atoms with Crippen molar-refractivity contribution in [2.24, 2.45) is 5.92 Å². The van der Waals surface area contributed by atoms with Gasteiger partial charge in [0.1, 0.15) is 5.82 Å². The average molecular weight is 264 g/mol. The van der Waals surface area contributed by atoms with Crippen molar-refractivity contribution >= 4 is 23.3 Å². The highest BCUT2D eigenvalue weighted by Crippen LogP contribution is 2.34. The first-order chi connectivity index (χ1) is 8.65. The fourth-order valence-corrected chi connectivity index (χ4v) is 3.32. The summed E-state index contributed by atoms with van der Waals surface area (Å²) in [4.78, 5) is 3.11. The lowest BCUT2D eigenvalue weighted by molar-refractivity contribution is 0.292. The molecule has 2 aromatic rings. The second kappa shape index (κ2) is 4.50. The van der Waals surface area contributed by atoms with Crippen molar-refractivity contribution < 1.29 is 4.39 Å². The standard InChI is InChI=1S/C14H17FN2S/c1-9-2-5-11(6-3-9)17-13-7-4-10(15)8-12(13)16-14(17)18/h4,7-9,11H,2-3,5-6H2,1H3,(H,16,18). The maximum atomic E-state index is 13.2. The summed E-state index contributed by atoms with van der Waals surface area (Å²) in [6, 6.07) is 5.32. The predicted octanol–water partition coefficient (Wildman–Crippen LogP) is 4.59. The van der Waals surface area contributed by atoms with Crippen LogP contribution >= 0.6 is 12.2 Å². The van der Waals surface area contributed by atoms with Gasteiger partial charge in [0.25, 0.3) is 0 Å². The molecule has 0 radical (unpaired) electrons. The Bertz CT molecular complexity index is 620. The Morgan fingerprint density at radius 1 is 1.28 bits per heavy atom. The Morgan fingerprint density at radius 2 is 2.00 bits per heavy atom. The third-order valence-corrected chi connectivity index (χ3v) is 4.33. The molecule has 1 aromatic heterocycles. The van der Waals surface area contributed by atoms with E-state index < -0.39 is 0 Å². The number of nitrogens with one attached hydrogen (secondary N) is 1. The molecule has 0 bridgehead atoms. The maximum Gasteiger partial charge on any atom is 0.178 e. The van der Waals surface area contributed by atoms with Crippen LogP contribution in [-0.4, -0.2) is 9.55 Å².